The fraction of sp³-hybridized carbons (Fsp3) is 0.182. The Morgan fingerprint density at radius 2 is 1.86 bits per heavy atom. The van der Waals surface area contributed by atoms with E-state index in [2.05, 4.69) is 27.0 Å². The lowest BCUT2D eigenvalue weighted by Crippen LogP contribution is -1.86. The first kappa shape index (κ1) is 9.94. The lowest BCUT2D eigenvalue weighted by molar-refractivity contribution is 1.27. The summed E-state index contributed by atoms with van der Waals surface area (Å²) in [4.78, 5) is 4.44. The molecular weight excluding hydrogens is 261 g/mol. The van der Waals surface area contributed by atoms with Gasteiger partial charge in [0.15, 0.2) is 0 Å². The molecule has 0 amide bonds. The van der Waals surface area contributed by atoms with Gasteiger partial charge in [-0.3, -0.25) is 0 Å². The minimum Gasteiger partial charge on any atom is -0.241 e. The molecule has 1 nitrogen and oxygen atoms in total. The number of fused-ring (bicyclic) bond motifs is 1. The van der Waals surface area contributed by atoms with E-state index >= 15 is 0 Å². The maximum atomic E-state index is 6.04. The van der Waals surface area contributed by atoms with Crippen LogP contribution in [0.4, 0.5) is 0 Å². The van der Waals surface area contributed by atoms with Gasteiger partial charge >= 0.3 is 0 Å². The third-order valence-electron chi connectivity index (χ3n) is 2.22. The highest BCUT2D eigenvalue weighted by atomic mass is 79.9. The molecule has 0 radical (unpaired) electrons. The van der Waals surface area contributed by atoms with E-state index in [0.29, 0.717) is 0 Å². The predicted molar refractivity (Wildman–Crippen MR) is 63.9 cm³/mol. The smallest absolute Gasteiger partial charge is 0.109 e. The number of benzene rings is 1. The van der Waals surface area contributed by atoms with Crippen LogP contribution in [0.2, 0.25) is 5.02 Å². The third kappa shape index (κ3) is 1.64. The van der Waals surface area contributed by atoms with E-state index in [1.165, 1.54) is 0 Å². The molecule has 0 fully saturated rings. The van der Waals surface area contributed by atoms with E-state index in [-0.39, 0.29) is 0 Å². The van der Waals surface area contributed by atoms with Gasteiger partial charge in [-0.2, -0.15) is 0 Å². The van der Waals surface area contributed by atoms with Crippen molar-refractivity contribution in [3.63, 3.8) is 0 Å². The van der Waals surface area contributed by atoms with Gasteiger partial charge in [0.25, 0.3) is 0 Å². The zero-order valence-electron chi connectivity index (χ0n) is 7.94. The zero-order valence-corrected chi connectivity index (χ0v) is 10.3. The Morgan fingerprint density at radius 3 is 2.57 bits per heavy atom. The summed E-state index contributed by atoms with van der Waals surface area (Å²) >= 11 is 9.46. The summed E-state index contributed by atoms with van der Waals surface area (Å²) < 4.78 is 0.895. The van der Waals surface area contributed by atoms with E-state index in [1.807, 2.05) is 26.0 Å². The van der Waals surface area contributed by atoms with Crippen LogP contribution in [0.5, 0.6) is 0 Å². The number of aromatic nitrogens is 1. The normalized spacial score (nSPS) is 10.9. The van der Waals surface area contributed by atoms with Crippen LogP contribution in [-0.2, 0) is 0 Å². The molecule has 1 aromatic carbocycles. The lowest BCUT2D eigenvalue weighted by atomic mass is 10.1. The zero-order chi connectivity index (χ0) is 10.3. The summed E-state index contributed by atoms with van der Waals surface area (Å²) in [5.74, 6) is 0. The summed E-state index contributed by atoms with van der Waals surface area (Å²) in [6.45, 7) is 4.00. The highest BCUT2D eigenvalue weighted by Crippen LogP contribution is 2.25. The summed E-state index contributed by atoms with van der Waals surface area (Å²) in [5, 5.41) is 1.88. The van der Waals surface area contributed by atoms with Crippen molar-refractivity contribution in [2.24, 2.45) is 0 Å². The fourth-order valence-corrected chi connectivity index (χ4v) is 1.86. The van der Waals surface area contributed by atoms with Crippen LogP contribution in [0.3, 0.4) is 0 Å². The minimum atomic E-state index is 0.793. The second kappa shape index (κ2) is 3.52. The first-order chi connectivity index (χ1) is 6.58. The Balaban J connectivity index is 2.83. The number of hydrogen-bond donors (Lipinski definition) is 0. The first-order valence-corrected chi connectivity index (χ1v) is 5.48. The first-order valence-electron chi connectivity index (χ1n) is 4.31. The quantitative estimate of drug-likeness (QED) is 0.652. The number of pyridine rings is 1. The molecule has 1 aromatic heterocycles. The molecular formula is C11H9BrClN. The summed E-state index contributed by atoms with van der Waals surface area (Å²) in [6.07, 6.45) is 0. The van der Waals surface area contributed by atoms with Gasteiger partial charge in [-0.25, -0.2) is 4.98 Å². The van der Waals surface area contributed by atoms with E-state index in [9.17, 15) is 0 Å². The SMILES string of the molecule is Cc1cc2nc(Br)c(C)cc2cc1Cl. The molecule has 0 N–H and O–H groups in total. The van der Waals surface area contributed by atoms with Crippen LogP contribution in [0, 0.1) is 13.8 Å². The summed E-state index contributed by atoms with van der Waals surface area (Å²) in [5.41, 5.74) is 3.16. The molecule has 2 aromatic rings. The molecule has 0 unspecified atom stereocenters. The van der Waals surface area contributed by atoms with Crippen molar-refractivity contribution in [3.8, 4) is 0 Å². The lowest BCUT2D eigenvalue weighted by Gasteiger charge is -2.04. The summed E-state index contributed by atoms with van der Waals surface area (Å²) in [7, 11) is 0. The standard InChI is InChI=1S/C11H9BrClN/c1-6-4-10-8(5-9(6)13)3-7(2)11(12)14-10/h3-5H,1-2H3. The number of rotatable bonds is 0. The Hall–Kier alpha value is -0.600. The highest BCUT2D eigenvalue weighted by molar-refractivity contribution is 9.10. The monoisotopic (exact) mass is 269 g/mol. The Labute approximate surface area is 96.2 Å². The van der Waals surface area contributed by atoms with Crippen molar-refractivity contribution in [1.29, 1.82) is 0 Å². The Kier molecular flexibility index (Phi) is 2.50. The molecule has 0 bridgehead atoms. The molecule has 0 aliphatic rings. The second-order valence-electron chi connectivity index (χ2n) is 3.39. The van der Waals surface area contributed by atoms with Crippen molar-refractivity contribution in [1.82, 2.24) is 4.98 Å². The molecule has 0 saturated carbocycles. The highest BCUT2D eigenvalue weighted by Gasteiger charge is 2.03. The Morgan fingerprint density at radius 1 is 1.14 bits per heavy atom. The van der Waals surface area contributed by atoms with Crippen LogP contribution in [-0.4, -0.2) is 4.98 Å². The minimum absolute atomic E-state index is 0.793. The van der Waals surface area contributed by atoms with Crippen LogP contribution in [0.15, 0.2) is 22.8 Å². The second-order valence-corrected chi connectivity index (χ2v) is 4.55. The molecule has 2 rings (SSSR count). The molecule has 14 heavy (non-hydrogen) atoms. The van der Waals surface area contributed by atoms with Gasteiger partial charge in [0.1, 0.15) is 4.60 Å². The molecule has 0 saturated heterocycles. The Bertz CT molecular complexity index is 419. The molecule has 0 aliphatic heterocycles. The molecule has 0 aliphatic carbocycles. The van der Waals surface area contributed by atoms with Gasteiger partial charge in [0.2, 0.25) is 0 Å². The van der Waals surface area contributed by atoms with Crippen molar-refractivity contribution < 1.29 is 0 Å². The van der Waals surface area contributed by atoms with Crippen LogP contribution in [0.1, 0.15) is 11.1 Å². The molecule has 0 atom stereocenters. The van der Waals surface area contributed by atoms with Gasteiger partial charge < -0.3 is 0 Å². The number of nitrogens with zero attached hydrogens (tertiary/aromatic N) is 1. The van der Waals surface area contributed by atoms with Crippen LogP contribution in [0.25, 0.3) is 10.9 Å². The molecule has 0 spiro atoms. The van der Waals surface area contributed by atoms with Gasteiger partial charge in [-0.15, -0.1) is 0 Å². The number of halogens is 2. The van der Waals surface area contributed by atoms with Crippen molar-refractivity contribution in [2.75, 3.05) is 0 Å². The van der Waals surface area contributed by atoms with Crippen LogP contribution >= 0.6 is 27.5 Å². The fourth-order valence-electron chi connectivity index (χ4n) is 1.38. The van der Waals surface area contributed by atoms with E-state index in [1.54, 1.807) is 0 Å². The van der Waals surface area contributed by atoms with Crippen molar-refractivity contribution >= 4 is 38.4 Å². The summed E-state index contributed by atoms with van der Waals surface area (Å²) in [6, 6.07) is 6.04. The van der Waals surface area contributed by atoms with Gasteiger partial charge in [-0.05, 0) is 59.1 Å². The van der Waals surface area contributed by atoms with E-state index in [4.69, 9.17) is 11.6 Å². The van der Waals surface area contributed by atoms with E-state index < -0.39 is 0 Å². The third-order valence-corrected chi connectivity index (χ3v) is 3.43. The maximum Gasteiger partial charge on any atom is 0.109 e. The topological polar surface area (TPSA) is 12.9 Å². The molecule has 3 heteroatoms. The largest absolute Gasteiger partial charge is 0.241 e. The van der Waals surface area contributed by atoms with E-state index in [0.717, 1.165) is 31.7 Å². The molecule has 72 valence electrons. The van der Waals surface area contributed by atoms with Crippen LogP contribution < -0.4 is 0 Å². The predicted octanol–water partition coefficient (Wildman–Crippen LogP) is 4.27. The van der Waals surface area contributed by atoms with Gasteiger partial charge in [0, 0.05) is 10.4 Å². The maximum absolute atomic E-state index is 6.04. The average molecular weight is 271 g/mol. The van der Waals surface area contributed by atoms with Gasteiger partial charge in [0.05, 0.1) is 5.52 Å². The van der Waals surface area contributed by atoms with Crippen molar-refractivity contribution in [3.05, 3.63) is 39.0 Å². The van der Waals surface area contributed by atoms with Crippen molar-refractivity contribution in [2.45, 2.75) is 13.8 Å². The van der Waals surface area contributed by atoms with Gasteiger partial charge in [-0.1, -0.05) is 11.6 Å². The average Bonchev–Trinajstić information content (AvgIpc) is 2.11. The number of hydrogen-bond acceptors (Lipinski definition) is 1. The number of aryl methyl sites for hydroxylation is 2. The molecule has 1 heterocycles.